The predicted octanol–water partition coefficient (Wildman–Crippen LogP) is 4.45. The van der Waals surface area contributed by atoms with Gasteiger partial charge in [0.15, 0.2) is 11.9 Å². The third-order valence-corrected chi connectivity index (χ3v) is 6.40. The zero-order valence-corrected chi connectivity index (χ0v) is 17.3. The third-order valence-electron chi connectivity index (χ3n) is 5.18. The van der Waals surface area contributed by atoms with Gasteiger partial charge in [0.1, 0.15) is 11.1 Å². The number of Topliss-reactive ketones (excluding diaryl/α,β-unsaturated/α-hetero) is 1. The number of ketones is 1. The Morgan fingerprint density at radius 2 is 1.93 bits per heavy atom. The quantitative estimate of drug-likeness (QED) is 0.455. The van der Waals surface area contributed by atoms with E-state index >= 15 is 0 Å². The average molecular weight is 420 g/mol. The summed E-state index contributed by atoms with van der Waals surface area (Å²) in [6.07, 6.45) is 4.33. The number of anilines is 1. The van der Waals surface area contributed by atoms with Crippen molar-refractivity contribution in [1.82, 2.24) is 5.32 Å². The van der Waals surface area contributed by atoms with Gasteiger partial charge >= 0.3 is 0 Å². The molecule has 4 rings (SSSR count). The van der Waals surface area contributed by atoms with Gasteiger partial charge in [-0.05, 0) is 50.3 Å². The molecule has 1 aromatic carbocycles. The fourth-order valence-corrected chi connectivity index (χ4v) is 4.85. The SMILES string of the molecule is Cc1ccc(C(=O)[C@@H](NC(=O)c2ccco2)Nc2sc3c(c2C#N)CCCC3)cc1. The smallest absolute Gasteiger partial charge is 0.288 e. The minimum Gasteiger partial charge on any atom is -0.459 e. The second kappa shape index (κ2) is 8.56. The van der Waals surface area contributed by atoms with E-state index in [-0.39, 0.29) is 11.5 Å². The number of furan rings is 1. The lowest BCUT2D eigenvalue weighted by Crippen LogP contribution is -2.46. The van der Waals surface area contributed by atoms with E-state index in [4.69, 9.17) is 4.42 Å². The van der Waals surface area contributed by atoms with Crippen molar-refractivity contribution in [2.75, 3.05) is 5.32 Å². The second-order valence-corrected chi connectivity index (χ2v) is 8.39. The number of rotatable bonds is 6. The fourth-order valence-electron chi connectivity index (χ4n) is 3.58. The molecule has 0 spiro atoms. The maximum absolute atomic E-state index is 13.2. The number of carbonyl (C=O) groups is 2. The van der Waals surface area contributed by atoms with Crippen molar-refractivity contribution in [2.45, 2.75) is 38.8 Å². The monoisotopic (exact) mass is 419 g/mol. The molecule has 0 fully saturated rings. The number of amides is 1. The molecule has 152 valence electrons. The fraction of sp³-hybridized carbons (Fsp3) is 0.261. The van der Waals surface area contributed by atoms with Crippen LogP contribution in [0.1, 0.15) is 55.3 Å². The molecule has 1 amide bonds. The van der Waals surface area contributed by atoms with E-state index in [9.17, 15) is 14.9 Å². The third kappa shape index (κ3) is 4.00. The molecule has 7 heteroatoms. The number of fused-ring (bicyclic) bond motifs is 1. The van der Waals surface area contributed by atoms with Crippen LogP contribution in [0.15, 0.2) is 47.1 Å². The molecule has 1 aliphatic carbocycles. The van der Waals surface area contributed by atoms with Gasteiger partial charge in [0.05, 0.1) is 11.8 Å². The first kappa shape index (κ1) is 19.9. The Labute approximate surface area is 178 Å². The Morgan fingerprint density at radius 3 is 2.63 bits per heavy atom. The minimum atomic E-state index is -1.03. The molecular weight excluding hydrogens is 398 g/mol. The van der Waals surface area contributed by atoms with E-state index in [2.05, 4.69) is 16.7 Å². The molecule has 2 N–H and O–H groups in total. The summed E-state index contributed by atoms with van der Waals surface area (Å²) >= 11 is 1.49. The topological polar surface area (TPSA) is 95.1 Å². The number of hydrogen-bond donors (Lipinski definition) is 2. The largest absolute Gasteiger partial charge is 0.459 e. The lowest BCUT2D eigenvalue weighted by atomic mass is 9.96. The van der Waals surface area contributed by atoms with Gasteiger partial charge in [0.2, 0.25) is 5.78 Å². The molecule has 0 radical (unpaired) electrons. The maximum Gasteiger partial charge on any atom is 0.288 e. The molecule has 0 aliphatic heterocycles. The molecule has 1 aliphatic rings. The van der Waals surface area contributed by atoms with Crippen molar-refractivity contribution in [2.24, 2.45) is 0 Å². The van der Waals surface area contributed by atoms with Gasteiger partial charge in [0.25, 0.3) is 5.91 Å². The molecule has 0 saturated heterocycles. The number of nitrogens with one attached hydrogen (secondary N) is 2. The summed E-state index contributed by atoms with van der Waals surface area (Å²) in [6, 6.07) is 12.6. The summed E-state index contributed by atoms with van der Waals surface area (Å²) in [5.74, 6) is -0.674. The van der Waals surface area contributed by atoms with Crippen LogP contribution in [0.4, 0.5) is 5.00 Å². The first-order chi connectivity index (χ1) is 14.6. The molecule has 0 unspecified atom stereocenters. The van der Waals surface area contributed by atoms with Gasteiger partial charge in [-0.3, -0.25) is 9.59 Å². The molecule has 0 saturated carbocycles. The highest BCUT2D eigenvalue weighted by molar-refractivity contribution is 7.16. The van der Waals surface area contributed by atoms with Crippen molar-refractivity contribution in [3.63, 3.8) is 0 Å². The summed E-state index contributed by atoms with van der Waals surface area (Å²) in [4.78, 5) is 27.0. The number of nitrogens with zero attached hydrogens (tertiary/aromatic N) is 1. The Bertz CT molecular complexity index is 1110. The van der Waals surface area contributed by atoms with Gasteiger partial charge in [-0.1, -0.05) is 29.8 Å². The van der Waals surface area contributed by atoms with E-state index in [0.717, 1.165) is 36.8 Å². The highest BCUT2D eigenvalue weighted by Crippen LogP contribution is 2.38. The highest BCUT2D eigenvalue weighted by atomic mass is 32.1. The minimum absolute atomic E-state index is 0.115. The zero-order chi connectivity index (χ0) is 21.1. The molecule has 2 aromatic heterocycles. The van der Waals surface area contributed by atoms with E-state index in [0.29, 0.717) is 16.1 Å². The Hall–Kier alpha value is -3.37. The van der Waals surface area contributed by atoms with Crippen LogP contribution in [0, 0.1) is 18.3 Å². The van der Waals surface area contributed by atoms with Crippen LogP contribution < -0.4 is 10.6 Å². The zero-order valence-electron chi connectivity index (χ0n) is 16.5. The van der Waals surface area contributed by atoms with Crippen molar-refractivity contribution in [3.8, 4) is 6.07 Å². The normalized spacial score (nSPS) is 13.7. The van der Waals surface area contributed by atoms with E-state index < -0.39 is 12.1 Å². The number of carbonyl (C=O) groups excluding carboxylic acids is 2. The number of benzene rings is 1. The molecule has 6 nitrogen and oxygen atoms in total. The van der Waals surface area contributed by atoms with Crippen LogP contribution in [0.25, 0.3) is 0 Å². The van der Waals surface area contributed by atoms with Gasteiger partial charge < -0.3 is 15.1 Å². The molecule has 3 aromatic rings. The molecule has 0 bridgehead atoms. The number of nitriles is 1. The summed E-state index contributed by atoms with van der Waals surface area (Å²) in [7, 11) is 0. The summed E-state index contributed by atoms with van der Waals surface area (Å²) < 4.78 is 5.16. The molecule has 2 heterocycles. The first-order valence-corrected chi connectivity index (χ1v) is 10.6. The summed E-state index contributed by atoms with van der Waals surface area (Å²) in [6.45, 7) is 1.94. The van der Waals surface area contributed by atoms with Gasteiger partial charge in [-0.2, -0.15) is 5.26 Å². The van der Waals surface area contributed by atoms with Crippen LogP contribution in [0.3, 0.4) is 0 Å². The van der Waals surface area contributed by atoms with Crippen LogP contribution in [0.5, 0.6) is 0 Å². The van der Waals surface area contributed by atoms with Crippen LogP contribution in [-0.2, 0) is 12.8 Å². The molecule has 30 heavy (non-hydrogen) atoms. The van der Waals surface area contributed by atoms with Gasteiger partial charge in [0, 0.05) is 10.4 Å². The molecule has 1 atom stereocenters. The Kier molecular flexibility index (Phi) is 5.68. The Balaban J connectivity index is 1.66. The lowest BCUT2D eigenvalue weighted by molar-refractivity contribution is 0.0853. The van der Waals surface area contributed by atoms with E-state index in [1.54, 1.807) is 18.2 Å². The Morgan fingerprint density at radius 1 is 1.17 bits per heavy atom. The van der Waals surface area contributed by atoms with Crippen molar-refractivity contribution >= 4 is 28.0 Å². The van der Waals surface area contributed by atoms with Crippen molar-refractivity contribution < 1.29 is 14.0 Å². The van der Waals surface area contributed by atoms with Gasteiger partial charge in [-0.15, -0.1) is 11.3 Å². The molecular formula is C23H21N3O3S. The van der Waals surface area contributed by atoms with Crippen LogP contribution >= 0.6 is 11.3 Å². The van der Waals surface area contributed by atoms with Crippen molar-refractivity contribution in [3.05, 3.63) is 75.6 Å². The summed E-state index contributed by atoms with van der Waals surface area (Å²) in [5, 5.41) is 16.2. The average Bonchev–Trinajstić information content (AvgIpc) is 3.41. The van der Waals surface area contributed by atoms with E-state index in [1.165, 1.54) is 28.5 Å². The standard InChI is InChI=1S/C23H21N3O3S/c1-14-8-10-15(11-9-14)20(27)21(25-22(28)18-6-4-12-29-18)26-23-17(13-24)16-5-2-3-7-19(16)30-23/h4,6,8-12,21,26H,2-3,5,7H2,1H3,(H,25,28)/t21-/m0/s1. The number of aryl methyl sites for hydroxylation is 2. The first-order valence-electron chi connectivity index (χ1n) is 9.83. The number of thiophene rings is 1. The van der Waals surface area contributed by atoms with Gasteiger partial charge in [-0.25, -0.2) is 0 Å². The lowest BCUT2D eigenvalue weighted by Gasteiger charge is -2.19. The van der Waals surface area contributed by atoms with Crippen LogP contribution in [-0.4, -0.2) is 17.9 Å². The predicted molar refractivity (Wildman–Crippen MR) is 115 cm³/mol. The van der Waals surface area contributed by atoms with Crippen molar-refractivity contribution in [1.29, 1.82) is 5.26 Å². The van der Waals surface area contributed by atoms with Crippen LogP contribution in [0.2, 0.25) is 0 Å². The highest BCUT2D eigenvalue weighted by Gasteiger charge is 2.27. The number of hydrogen-bond acceptors (Lipinski definition) is 6. The maximum atomic E-state index is 13.2. The van der Waals surface area contributed by atoms with E-state index in [1.807, 2.05) is 19.1 Å². The second-order valence-electron chi connectivity index (χ2n) is 7.29. The summed E-state index contributed by atoms with van der Waals surface area (Å²) in [5.41, 5.74) is 3.14.